The summed E-state index contributed by atoms with van der Waals surface area (Å²) in [5.74, 6) is -1.99. The quantitative estimate of drug-likeness (QED) is 0.277. The second-order valence-corrected chi connectivity index (χ2v) is 10.7. The number of pyridine rings is 1. The lowest BCUT2D eigenvalue weighted by Crippen LogP contribution is -2.38. The van der Waals surface area contributed by atoms with Gasteiger partial charge in [-0.25, -0.2) is 21.6 Å². The number of benzene rings is 3. The number of halogens is 3. The molecule has 0 atom stereocenters. The van der Waals surface area contributed by atoms with Gasteiger partial charge in [0.1, 0.15) is 28.9 Å². The average Bonchev–Trinajstić information content (AvgIpc) is 2.96. The zero-order valence-electron chi connectivity index (χ0n) is 21.9. The standard InChI is InChI=1S/C28H26F3N3O6S/c1-37-26-16-20-23(17-27(26)39-13-10-34-8-11-38-12-9-34)32-7-6-24(20)40-25-5-3-19(15-22(25)31)33-41(35,36)28-14-18(29)2-4-21(28)30/h2-7,14-17,33H,8-13H2,1H3. The van der Waals surface area contributed by atoms with Crippen LogP contribution < -0.4 is 18.9 Å². The van der Waals surface area contributed by atoms with Crippen molar-refractivity contribution in [2.24, 2.45) is 0 Å². The zero-order chi connectivity index (χ0) is 29.0. The number of rotatable bonds is 10. The Bertz CT molecular complexity index is 1670. The predicted molar refractivity (Wildman–Crippen MR) is 145 cm³/mol. The maximum atomic E-state index is 15.0. The summed E-state index contributed by atoms with van der Waals surface area (Å²) >= 11 is 0. The van der Waals surface area contributed by atoms with Crippen LogP contribution in [-0.2, 0) is 14.8 Å². The summed E-state index contributed by atoms with van der Waals surface area (Å²) in [4.78, 5) is 5.71. The third kappa shape index (κ3) is 6.64. The van der Waals surface area contributed by atoms with Crippen molar-refractivity contribution >= 4 is 26.6 Å². The van der Waals surface area contributed by atoms with E-state index in [2.05, 4.69) is 9.88 Å². The van der Waals surface area contributed by atoms with Crippen LogP contribution in [0.3, 0.4) is 0 Å². The highest BCUT2D eigenvalue weighted by molar-refractivity contribution is 7.92. The first-order chi connectivity index (χ1) is 19.7. The summed E-state index contributed by atoms with van der Waals surface area (Å²) in [5, 5.41) is 0.524. The first-order valence-corrected chi connectivity index (χ1v) is 14.1. The van der Waals surface area contributed by atoms with Gasteiger partial charge in [0.15, 0.2) is 23.1 Å². The van der Waals surface area contributed by atoms with Gasteiger partial charge in [0.05, 0.1) is 31.5 Å². The molecule has 1 aromatic heterocycles. The van der Waals surface area contributed by atoms with Gasteiger partial charge in [-0.05, 0) is 42.5 Å². The molecule has 4 aromatic rings. The van der Waals surface area contributed by atoms with E-state index in [-0.39, 0.29) is 17.2 Å². The summed E-state index contributed by atoms with van der Waals surface area (Å²) < 4.78 is 92.2. The van der Waals surface area contributed by atoms with Crippen LogP contribution in [0.25, 0.3) is 10.9 Å². The van der Waals surface area contributed by atoms with Crippen molar-refractivity contribution in [1.82, 2.24) is 9.88 Å². The molecule has 0 saturated carbocycles. The van der Waals surface area contributed by atoms with Crippen molar-refractivity contribution in [3.8, 4) is 23.0 Å². The van der Waals surface area contributed by atoms with Crippen molar-refractivity contribution in [2.45, 2.75) is 4.90 Å². The molecule has 3 aromatic carbocycles. The van der Waals surface area contributed by atoms with Gasteiger partial charge in [0.25, 0.3) is 10.0 Å². The molecule has 0 radical (unpaired) electrons. The van der Waals surface area contributed by atoms with Crippen LogP contribution >= 0.6 is 0 Å². The number of anilines is 1. The van der Waals surface area contributed by atoms with E-state index < -0.39 is 32.4 Å². The summed E-state index contributed by atoms with van der Waals surface area (Å²) in [6.45, 7) is 4.24. The molecule has 13 heteroatoms. The van der Waals surface area contributed by atoms with Crippen molar-refractivity contribution < 1.29 is 40.5 Å². The number of sulfonamides is 1. The highest BCUT2D eigenvalue weighted by atomic mass is 32.2. The molecule has 1 saturated heterocycles. The first kappa shape index (κ1) is 28.5. The Morgan fingerprint density at radius 1 is 0.927 bits per heavy atom. The van der Waals surface area contributed by atoms with Crippen LogP contribution in [0.4, 0.5) is 18.9 Å². The third-order valence-electron chi connectivity index (χ3n) is 6.34. The van der Waals surface area contributed by atoms with Gasteiger partial charge in [-0.15, -0.1) is 0 Å². The van der Waals surface area contributed by atoms with Gasteiger partial charge in [0.2, 0.25) is 0 Å². The molecule has 5 rings (SSSR count). The van der Waals surface area contributed by atoms with Crippen LogP contribution in [0.5, 0.6) is 23.0 Å². The number of hydrogen-bond acceptors (Lipinski definition) is 8. The number of ether oxygens (including phenoxy) is 4. The van der Waals surface area contributed by atoms with Crippen LogP contribution in [0, 0.1) is 17.5 Å². The topological polar surface area (TPSA) is 99.2 Å². The van der Waals surface area contributed by atoms with E-state index in [1.807, 2.05) is 4.72 Å². The van der Waals surface area contributed by atoms with Gasteiger partial charge in [0, 0.05) is 43.4 Å². The van der Waals surface area contributed by atoms with Crippen molar-refractivity contribution in [2.75, 3.05) is 51.3 Å². The van der Waals surface area contributed by atoms with Crippen molar-refractivity contribution in [1.29, 1.82) is 0 Å². The number of hydrogen-bond donors (Lipinski definition) is 1. The molecule has 0 unspecified atom stereocenters. The van der Waals surface area contributed by atoms with Crippen molar-refractivity contribution in [3.63, 3.8) is 0 Å². The fraction of sp³-hybridized carbons (Fsp3) is 0.250. The smallest absolute Gasteiger partial charge is 0.264 e. The average molecular weight is 590 g/mol. The molecule has 0 amide bonds. The molecule has 2 heterocycles. The molecule has 1 aliphatic rings. The zero-order valence-corrected chi connectivity index (χ0v) is 22.7. The summed E-state index contributed by atoms with van der Waals surface area (Å²) in [5.41, 5.74) is 0.310. The molecule has 0 bridgehead atoms. The minimum absolute atomic E-state index is 0.206. The van der Waals surface area contributed by atoms with Crippen LogP contribution in [0.15, 0.2) is 65.7 Å². The molecular formula is C28H26F3N3O6S. The summed E-state index contributed by atoms with van der Waals surface area (Å²) in [6, 6.07) is 10.3. The lowest BCUT2D eigenvalue weighted by atomic mass is 10.1. The lowest BCUT2D eigenvalue weighted by Gasteiger charge is -2.26. The van der Waals surface area contributed by atoms with E-state index in [9.17, 15) is 21.6 Å². The minimum atomic E-state index is -4.52. The van der Waals surface area contributed by atoms with Crippen LogP contribution in [0.2, 0.25) is 0 Å². The van der Waals surface area contributed by atoms with Crippen LogP contribution in [0.1, 0.15) is 0 Å². The number of nitrogens with one attached hydrogen (secondary N) is 1. The Hall–Kier alpha value is -4.07. The Morgan fingerprint density at radius 2 is 1.73 bits per heavy atom. The molecule has 1 aliphatic heterocycles. The van der Waals surface area contributed by atoms with E-state index in [4.69, 9.17) is 18.9 Å². The molecule has 1 N–H and O–H groups in total. The summed E-state index contributed by atoms with van der Waals surface area (Å²) in [7, 11) is -3.02. The van der Waals surface area contributed by atoms with Gasteiger partial charge in [-0.1, -0.05) is 0 Å². The first-order valence-electron chi connectivity index (χ1n) is 12.6. The Kier molecular flexibility index (Phi) is 8.47. The second kappa shape index (κ2) is 12.2. The predicted octanol–water partition coefficient (Wildman–Crippen LogP) is 4.96. The van der Waals surface area contributed by atoms with Crippen LogP contribution in [-0.4, -0.2) is 64.9 Å². The number of fused-ring (bicyclic) bond motifs is 1. The monoisotopic (exact) mass is 589 g/mol. The molecule has 0 spiro atoms. The fourth-order valence-electron chi connectivity index (χ4n) is 4.26. The highest BCUT2D eigenvalue weighted by Gasteiger charge is 2.21. The largest absolute Gasteiger partial charge is 0.493 e. The maximum absolute atomic E-state index is 15.0. The lowest BCUT2D eigenvalue weighted by molar-refractivity contribution is 0.0321. The third-order valence-corrected chi connectivity index (χ3v) is 7.74. The molecule has 216 valence electrons. The maximum Gasteiger partial charge on any atom is 0.264 e. The van der Waals surface area contributed by atoms with Crippen molar-refractivity contribution in [3.05, 3.63) is 78.2 Å². The molecule has 9 nitrogen and oxygen atoms in total. The normalized spacial score (nSPS) is 14.1. The van der Waals surface area contributed by atoms with Gasteiger partial charge in [-0.3, -0.25) is 14.6 Å². The van der Waals surface area contributed by atoms with E-state index in [1.54, 1.807) is 18.2 Å². The fourth-order valence-corrected chi connectivity index (χ4v) is 5.40. The van der Waals surface area contributed by atoms with E-state index in [1.165, 1.54) is 25.4 Å². The van der Waals surface area contributed by atoms with E-state index in [0.29, 0.717) is 54.4 Å². The number of aromatic nitrogens is 1. The molecule has 41 heavy (non-hydrogen) atoms. The Labute approximate surface area is 234 Å². The van der Waals surface area contributed by atoms with E-state index in [0.717, 1.165) is 31.8 Å². The molecule has 0 aliphatic carbocycles. The van der Waals surface area contributed by atoms with Gasteiger partial charge < -0.3 is 18.9 Å². The molecular weight excluding hydrogens is 563 g/mol. The number of methoxy groups -OCH3 is 1. The van der Waals surface area contributed by atoms with E-state index >= 15 is 0 Å². The van der Waals surface area contributed by atoms with Gasteiger partial charge >= 0.3 is 0 Å². The summed E-state index contributed by atoms with van der Waals surface area (Å²) in [6.07, 6.45) is 1.50. The SMILES string of the molecule is COc1cc2c(Oc3ccc(NS(=O)(=O)c4cc(F)ccc4F)cc3F)ccnc2cc1OCCN1CCOCC1. The Balaban J connectivity index is 1.33. The molecule has 1 fully saturated rings. The minimum Gasteiger partial charge on any atom is -0.493 e. The Morgan fingerprint density at radius 3 is 2.49 bits per heavy atom. The second-order valence-electron chi connectivity index (χ2n) is 9.06. The number of nitrogens with zero attached hydrogens (tertiary/aromatic N) is 2. The highest BCUT2D eigenvalue weighted by Crippen LogP contribution is 2.38. The number of morpholine rings is 1. The van der Waals surface area contributed by atoms with Gasteiger partial charge in [-0.2, -0.15) is 0 Å².